The largest absolute Gasteiger partial charge is 0.352 e. The molecule has 32 heavy (non-hydrogen) atoms. The third-order valence-electron chi connectivity index (χ3n) is 5.91. The highest BCUT2D eigenvalue weighted by molar-refractivity contribution is 7.99. The maximum Gasteiger partial charge on any atom is 0.242 e. The van der Waals surface area contributed by atoms with Gasteiger partial charge in [-0.25, -0.2) is 4.39 Å². The predicted octanol–water partition coefficient (Wildman–Crippen LogP) is 5.15. The van der Waals surface area contributed by atoms with Gasteiger partial charge in [0.05, 0.1) is 5.75 Å². The molecule has 1 N–H and O–H groups in total. The van der Waals surface area contributed by atoms with Crippen LogP contribution in [0.2, 0.25) is 0 Å². The number of rotatable bonds is 9. The molecule has 1 aliphatic rings. The Morgan fingerprint density at radius 1 is 1.06 bits per heavy atom. The van der Waals surface area contributed by atoms with E-state index in [9.17, 15) is 14.0 Å². The normalized spacial score (nSPS) is 14.9. The van der Waals surface area contributed by atoms with Crippen LogP contribution in [0.1, 0.15) is 54.9 Å². The summed E-state index contributed by atoms with van der Waals surface area (Å²) in [4.78, 5) is 27.7. The molecule has 0 aromatic heterocycles. The molecule has 0 aliphatic heterocycles. The highest BCUT2D eigenvalue weighted by Gasteiger charge is 2.28. The van der Waals surface area contributed by atoms with E-state index in [0.717, 1.165) is 37.0 Å². The summed E-state index contributed by atoms with van der Waals surface area (Å²) in [5, 5.41) is 3.10. The van der Waals surface area contributed by atoms with E-state index in [1.54, 1.807) is 35.7 Å². The van der Waals surface area contributed by atoms with Gasteiger partial charge in [-0.1, -0.05) is 54.3 Å². The predicted molar refractivity (Wildman–Crippen MR) is 129 cm³/mol. The summed E-state index contributed by atoms with van der Waals surface area (Å²) < 4.78 is 13.3. The number of hydrogen-bond donors (Lipinski definition) is 1. The average Bonchev–Trinajstić information content (AvgIpc) is 3.25. The van der Waals surface area contributed by atoms with E-state index >= 15 is 0 Å². The first-order valence-electron chi connectivity index (χ1n) is 11.3. The Morgan fingerprint density at radius 3 is 2.31 bits per heavy atom. The molecular formula is C26H33FN2O2S. The molecule has 0 radical (unpaired) electrons. The first kappa shape index (κ1) is 24.3. The third kappa shape index (κ3) is 7.09. The molecule has 6 heteroatoms. The lowest BCUT2D eigenvalue weighted by molar-refractivity contribution is -0.138. The van der Waals surface area contributed by atoms with Crippen LogP contribution >= 0.6 is 11.8 Å². The zero-order chi connectivity index (χ0) is 23.1. The van der Waals surface area contributed by atoms with Crippen LogP contribution in [0.4, 0.5) is 4.39 Å². The number of hydrogen-bond acceptors (Lipinski definition) is 3. The zero-order valence-electron chi connectivity index (χ0n) is 19.2. The second-order valence-electron chi connectivity index (χ2n) is 8.80. The van der Waals surface area contributed by atoms with E-state index in [4.69, 9.17) is 0 Å². The summed E-state index contributed by atoms with van der Waals surface area (Å²) in [5.41, 5.74) is 4.42. The Bertz CT molecular complexity index is 906. The van der Waals surface area contributed by atoms with Gasteiger partial charge < -0.3 is 10.2 Å². The number of nitrogens with one attached hydrogen (secondary N) is 1. The lowest BCUT2D eigenvalue weighted by Gasteiger charge is -2.29. The first-order chi connectivity index (χ1) is 15.3. The van der Waals surface area contributed by atoms with Crippen molar-refractivity contribution < 1.29 is 14.0 Å². The van der Waals surface area contributed by atoms with Crippen molar-refractivity contribution in [3.8, 4) is 0 Å². The molecule has 3 rings (SSSR count). The summed E-state index contributed by atoms with van der Waals surface area (Å²) >= 11 is 1.55. The topological polar surface area (TPSA) is 49.4 Å². The quantitative estimate of drug-likeness (QED) is 0.568. The Labute approximate surface area is 195 Å². The molecule has 1 aliphatic carbocycles. The molecule has 1 atom stereocenters. The van der Waals surface area contributed by atoms with E-state index in [0.29, 0.717) is 0 Å². The maximum atomic E-state index is 13.3. The lowest BCUT2D eigenvalue weighted by atomic mass is 10.1. The van der Waals surface area contributed by atoms with Crippen molar-refractivity contribution in [1.29, 1.82) is 0 Å². The van der Waals surface area contributed by atoms with Crippen molar-refractivity contribution in [1.82, 2.24) is 10.2 Å². The molecule has 0 heterocycles. The van der Waals surface area contributed by atoms with Crippen molar-refractivity contribution in [2.75, 3.05) is 5.75 Å². The minimum atomic E-state index is -0.588. The van der Waals surface area contributed by atoms with E-state index < -0.39 is 6.04 Å². The molecule has 172 valence electrons. The van der Waals surface area contributed by atoms with Crippen LogP contribution in [-0.2, 0) is 21.9 Å². The Kier molecular flexibility index (Phi) is 8.74. The van der Waals surface area contributed by atoms with Crippen LogP contribution in [-0.4, -0.2) is 34.6 Å². The van der Waals surface area contributed by atoms with Crippen molar-refractivity contribution in [2.24, 2.45) is 0 Å². The van der Waals surface area contributed by atoms with Gasteiger partial charge in [-0.05, 0) is 56.9 Å². The minimum absolute atomic E-state index is 0.0854. The van der Waals surface area contributed by atoms with Crippen LogP contribution < -0.4 is 5.32 Å². The highest BCUT2D eigenvalue weighted by atomic mass is 32.2. The molecule has 0 unspecified atom stereocenters. The second-order valence-corrected chi connectivity index (χ2v) is 9.79. The van der Waals surface area contributed by atoms with E-state index in [2.05, 4.69) is 37.4 Å². The third-order valence-corrected chi connectivity index (χ3v) is 6.90. The van der Waals surface area contributed by atoms with Crippen molar-refractivity contribution in [2.45, 2.75) is 70.8 Å². The number of halogens is 1. The summed E-state index contributed by atoms with van der Waals surface area (Å²) in [7, 11) is 0. The van der Waals surface area contributed by atoms with E-state index in [1.807, 2.05) is 0 Å². The molecule has 1 saturated carbocycles. The minimum Gasteiger partial charge on any atom is -0.352 e. The number of amides is 2. The van der Waals surface area contributed by atoms with Gasteiger partial charge in [-0.2, -0.15) is 0 Å². The number of nitrogens with zero attached hydrogens (tertiary/aromatic N) is 1. The van der Waals surface area contributed by atoms with Gasteiger partial charge in [0.25, 0.3) is 0 Å². The molecule has 2 aromatic rings. The van der Waals surface area contributed by atoms with Crippen LogP contribution in [0.25, 0.3) is 0 Å². The molecule has 2 aromatic carbocycles. The molecular weight excluding hydrogens is 423 g/mol. The number of carbonyl (C=O) groups is 2. The van der Waals surface area contributed by atoms with Gasteiger partial charge in [0.1, 0.15) is 11.9 Å². The second kappa shape index (κ2) is 11.5. The van der Waals surface area contributed by atoms with Gasteiger partial charge >= 0.3 is 0 Å². The maximum absolute atomic E-state index is 13.3. The molecule has 0 bridgehead atoms. The molecule has 2 amide bonds. The Hall–Kier alpha value is -2.34. The fourth-order valence-corrected chi connectivity index (χ4v) is 5.10. The summed E-state index contributed by atoms with van der Waals surface area (Å²) in [5.74, 6) is 0.503. The van der Waals surface area contributed by atoms with Gasteiger partial charge in [0, 0.05) is 18.3 Å². The van der Waals surface area contributed by atoms with Crippen LogP contribution in [0.3, 0.4) is 0 Å². The Balaban J connectivity index is 1.65. The van der Waals surface area contributed by atoms with Crippen molar-refractivity contribution >= 4 is 23.6 Å². The summed E-state index contributed by atoms with van der Waals surface area (Å²) in [6.07, 6.45) is 4.26. The molecule has 4 nitrogen and oxygen atoms in total. The van der Waals surface area contributed by atoms with Crippen LogP contribution in [0.15, 0.2) is 42.5 Å². The van der Waals surface area contributed by atoms with E-state index in [1.165, 1.54) is 28.8 Å². The zero-order valence-corrected chi connectivity index (χ0v) is 20.0. The highest BCUT2D eigenvalue weighted by Crippen LogP contribution is 2.20. The van der Waals surface area contributed by atoms with Crippen LogP contribution in [0.5, 0.6) is 0 Å². The van der Waals surface area contributed by atoms with Gasteiger partial charge in [-0.15, -0.1) is 11.8 Å². The van der Waals surface area contributed by atoms with Gasteiger partial charge in [-0.3, -0.25) is 9.59 Å². The number of thioether (sulfide) groups is 1. The molecule has 0 spiro atoms. The van der Waals surface area contributed by atoms with Gasteiger partial charge in [0.2, 0.25) is 11.8 Å². The van der Waals surface area contributed by atoms with E-state index in [-0.39, 0.29) is 36.0 Å². The van der Waals surface area contributed by atoms with Gasteiger partial charge in [0.15, 0.2) is 0 Å². The molecule has 1 fully saturated rings. The monoisotopic (exact) mass is 456 g/mol. The SMILES string of the molecule is Cc1cc(C)cc(CSCC(=O)N(Cc2ccc(F)cc2)[C@@H](C)C(=O)NC2CCCC2)c1. The lowest BCUT2D eigenvalue weighted by Crippen LogP contribution is -2.50. The van der Waals surface area contributed by atoms with Crippen LogP contribution in [0, 0.1) is 19.7 Å². The standard InChI is InChI=1S/C26H33FN2O2S/c1-18-12-19(2)14-22(13-18)16-32-17-25(30)29(15-21-8-10-23(27)11-9-21)20(3)26(31)28-24-6-4-5-7-24/h8-14,20,24H,4-7,15-17H2,1-3H3,(H,28,31)/t20-/m0/s1. The molecule has 0 saturated heterocycles. The number of benzene rings is 2. The van der Waals surface area contributed by atoms with Crippen molar-refractivity contribution in [3.05, 3.63) is 70.5 Å². The summed E-state index contributed by atoms with van der Waals surface area (Å²) in [6, 6.07) is 12.1. The average molecular weight is 457 g/mol. The number of carbonyl (C=O) groups excluding carboxylic acids is 2. The number of aryl methyl sites for hydroxylation is 2. The smallest absolute Gasteiger partial charge is 0.242 e. The summed E-state index contributed by atoms with van der Waals surface area (Å²) in [6.45, 7) is 6.20. The van der Waals surface area contributed by atoms with Crippen molar-refractivity contribution in [3.63, 3.8) is 0 Å². The first-order valence-corrected chi connectivity index (χ1v) is 12.5. The Morgan fingerprint density at radius 2 is 1.69 bits per heavy atom. The fourth-order valence-electron chi connectivity index (χ4n) is 4.25. The fraction of sp³-hybridized carbons (Fsp3) is 0.462.